The molecule has 0 aromatic heterocycles. The van der Waals surface area contributed by atoms with Crippen LogP contribution in [0.15, 0.2) is 12.7 Å². The van der Waals surface area contributed by atoms with E-state index in [2.05, 4.69) is 19.6 Å². The monoisotopic (exact) mass is 318 g/mol. The Labute approximate surface area is 141 Å². The molecule has 2 heteroatoms. The molecule has 0 saturated heterocycles. The second-order valence-corrected chi connectivity index (χ2v) is 9.43. The van der Waals surface area contributed by atoms with Crippen molar-refractivity contribution in [3.63, 3.8) is 0 Å². The van der Waals surface area contributed by atoms with Gasteiger partial charge in [0.1, 0.15) is 0 Å². The second kappa shape index (κ2) is 5.59. The first-order valence-electron chi connectivity index (χ1n) is 9.96. The molecule has 0 unspecified atom stereocenters. The number of rotatable bonds is 2. The molecule has 23 heavy (non-hydrogen) atoms. The molecule has 4 rings (SSSR count). The lowest BCUT2D eigenvalue weighted by Gasteiger charge is -2.61. The maximum absolute atomic E-state index is 10.4. The molecule has 2 nitrogen and oxygen atoms in total. The molecule has 4 aliphatic rings. The molecular formula is C21H34O2. The fraction of sp³-hybridized carbons (Fsp3) is 0.905. The summed E-state index contributed by atoms with van der Waals surface area (Å²) in [6.45, 7) is 6.99. The molecule has 0 aromatic carbocycles. The minimum atomic E-state index is -0.123. The maximum atomic E-state index is 10.4. The van der Waals surface area contributed by atoms with Crippen LogP contribution in [-0.4, -0.2) is 22.9 Å². The van der Waals surface area contributed by atoms with E-state index >= 15 is 0 Å². The summed E-state index contributed by atoms with van der Waals surface area (Å²) in [5.41, 5.74) is 0.580. The van der Waals surface area contributed by atoms with Crippen molar-refractivity contribution in [2.75, 3.05) is 6.61 Å². The Kier molecular flexibility index (Phi) is 3.93. The molecule has 0 aliphatic heterocycles. The van der Waals surface area contributed by atoms with Crippen LogP contribution in [0.5, 0.6) is 0 Å². The van der Waals surface area contributed by atoms with Gasteiger partial charge in [-0.25, -0.2) is 0 Å². The number of allylic oxidation sites excluding steroid dienone is 1. The van der Waals surface area contributed by atoms with Gasteiger partial charge >= 0.3 is 0 Å². The largest absolute Gasteiger partial charge is 0.396 e. The third-order valence-electron chi connectivity index (χ3n) is 8.99. The summed E-state index contributed by atoms with van der Waals surface area (Å²) in [5.74, 6) is 3.58. The quantitative estimate of drug-likeness (QED) is 0.750. The van der Waals surface area contributed by atoms with Crippen LogP contribution in [0.4, 0.5) is 0 Å². The molecule has 0 aromatic rings. The first kappa shape index (κ1) is 16.1. The Morgan fingerprint density at radius 3 is 2.61 bits per heavy atom. The molecule has 0 spiro atoms. The number of fused-ring (bicyclic) bond motifs is 5. The van der Waals surface area contributed by atoms with Crippen molar-refractivity contribution < 1.29 is 10.2 Å². The first-order chi connectivity index (χ1) is 11.0. The van der Waals surface area contributed by atoms with Crippen LogP contribution < -0.4 is 0 Å². The molecule has 0 amide bonds. The first-order valence-corrected chi connectivity index (χ1v) is 9.96. The van der Waals surface area contributed by atoms with Crippen LogP contribution in [-0.2, 0) is 0 Å². The van der Waals surface area contributed by atoms with E-state index in [1.807, 2.05) is 0 Å². The van der Waals surface area contributed by atoms with Gasteiger partial charge in [-0.1, -0.05) is 13.0 Å². The predicted molar refractivity (Wildman–Crippen MR) is 92.8 cm³/mol. The molecule has 4 fully saturated rings. The Morgan fingerprint density at radius 2 is 1.87 bits per heavy atom. The Morgan fingerprint density at radius 1 is 1.04 bits per heavy atom. The molecular weight excluding hydrogens is 284 g/mol. The predicted octanol–water partition coefficient (Wildman–Crippen LogP) is 4.16. The Hall–Kier alpha value is -0.340. The van der Waals surface area contributed by atoms with Crippen LogP contribution in [0.1, 0.15) is 64.7 Å². The molecule has 0 radical (unpaired) electrons. The van der Waals surface area contributed by atoms with Crippen LogP contribution in [0.2, 0.25) is 0 Å². The van der Waals surface area contributed by atoms with Crippen molar-refractivity contribution in [2.45, 2.75) is 70.8 Å². The van der Waals surface area contributed by atoms with Gasteiger partial charge < -0.3 is 10.2 Å². The smallest absolute Gasteiger partial charge is 0.0543 e. The highest BCUT2D eigenvalue weighted by atomic mass is 16.3. The van der Waals surface area contributed by atoms with Crippen molar-refractivity contribution in [3.8, 4) is 0 Å². The lowest BCUT2D eigenvalue weighted by atomic mass is 9.44. The summed E-state index contributed by atoms with van der Waals surface area (Å²) in [6, 6.07) is 0. The average molecular weight is 319 g/mol. The fourth-order valence-corrected chi connectivity index (χ4v) is 7.76. The van der Waals surface area contributed by atoms with Crippen LogP contribution in [0.3, 0.4) is 0 Å². The highest BCUT2D eigenvalue weighted by Crippen LogP contribution is 2.67. The van der Waals surface area contributed by atoms with Crippen LogP contribution in [0, 0.1) is 40.4 Å². The van der Waals surface area contributed by atoms with Crippen molar-refractivity contribution in [1.82, 2.24) is 0 Å². The third-order valence-corrected chi connectivity index (χ3v) is 8.99. The van der Waals surface area contributed by atoms with E-state index < -0.39 is 0 Å². The summed E-state index contributed by atoms with van der Waals surface area (Å²) in [6.07, 6.45) is 12.8. The minimum Gasteiger partial charge on any atom is -0.396 e. The zero-order valence-electron chi connectivity index (χ0n) is 14.7. The van der Waals surface area contributed by atoms with Crippen molar-refractivity contribution in [1.29, 1.82) is 0 Å². The number of hydrogen-bond donors (Lipinski definition) is 2. The molecule has 4 aliphatic carbocycles. The van der Waals surface area contributed by atoms with Gasteiger partial charge in [0.25, 0.3) is 0 Å². The molecule has 2 N–H and O–H groups in total. The van der Waals surface area contributed by atoms with E-state index in [-0.39, 0.29) is 11.5 Å². The minimum absolute atomic E-state index is 0.121. The lowest BCUT2D eigenvalue weighted by molar-refractivity contribution is -0.152. The Balaban J connectivity index is 1.64. The van der Waals surface area contributed by atoms with E-state index in [9.17, 15) is 10.2 Å². The van der Waals surface area contributed by atoms with Gasteiger partial charge in [0, 0.05) is 6.61 Å². The van der Waals surface area contributed by atoms with E-state index in [4.69, 9.17) is 0 Å². The van der Waals surface area contributed by atoms with Gasteiger partial charge in [-0.05, 0) is 98.2 Å². The molecule has 0 bridgehead atoms. The van der Waals surface area contributed by atoms with E-state index in [0.717, 1.165) is 31.1 Å². The highest BCUT2D eigenvalue weighted by Gasteiger charge is 2.60. The summed E-state index contributed by atoms with van der Waals surface area (Å²) >= 11 is 0. The van der Waals surface area contributed by atoms with Gasteiger partial charge in [0.05, 0.1) is 6.10 Å². The van der Waals surface area contributed by atoms with Crippen molar-refractivity contribution >= 4 is 0 Å². The summed E-state index contributed by atoms with van der Waals surface area (Å²) in [4.78, 5) is 0. The molecule has 4 saturated carbocycles. The lowest BCUT2D eigenvalue weighted by Crippen LogP contribution is -2.56. The number of hydrogen-bond acceptors (Lipinski definition) is 2. The molecule has 130 valence electrons. The van der Waals surface area contributed by atoms with Gasteiger partial charge in [0.15, 0.2) is 0 Å². The average Bonchev–Trinajstić information content (AvgIpc) is 2.90. The van der Waals surface area contributed by atoms with E-state index in [1.54, 1.807) is 0 Å². The highest BCUT2D eigenvalue weighted by molar-refractivity contribution is 5.12. The fourth-order valence-electron chi connectivity index (χ4n) is 7.76. The molecule has 0 heterocycles. The second-order valence-electron chi connectivity index (χ2n) is 9.43. The van der Waals surface area contributed by atoms with Crippen LogP contribution in [0.25, 0.3) is 0 Å². The van der Waals surface area contributed by atoms with Crippen molar-refractivity contribution in [3.05, 3.63) is 12.7 Å². The van der Waals surface area contributed by atoms with Crippen molar-refractivity contribution in [2.24, 2.45) is 40.4 Å². The van der Waals surface area contributed by atoms with Gasteiger partial charge in [-0.15, -0.1) is 6.58 Å². The zero-order valence-corrected chi connectivity index (χ0v) is 14.7. The normalized spacial score (nSPS) is 55.6. The van der Waals surface area contributed by atoms with E-state index in [1.165, 1.54) is 38.5 Å². The maximum Gasteiger partial charge on any atom is 0.0543 e. The van der Waals surface area contributed by atoms with Gasteiger partial charge in [0.2, 0.25) is 0 Å². The summed E-state index contributed by atoms with van der Waals surface area (Å²) < 4.78 is 0. The number of aliphatic hydroxyl groups excluding tert-OH is 2. The zero-order chi connectivity index (χ0) is 16.2. The summed E-state index contributed by atoms with van der Waals surface area (Å²) in [7, 11) is 0. The Bertz CT molecular complexity index is 474. The van der Waals surface area contributed by atoms with Gasteiger partial charge in [-0.3, -0.25) is 0 Å². The molecule has 8 atom stereocenters. The third kappa shape index (κ3) is 2.13. The van der Waals surface area contributed by atoms with E-state index in [0.29, 0.717) is 29.8 Å². The van der Waals surface area contributed by atoms with Gasteiger partial charge in [-0.2, -0.15) is 0 Å². The topological polar surface area (TPSA) is 40.5 Å². The summed E-state index contributed by atoms with van der Waals surface area (Å²) in [5, 5.41) is 20.5. The number of aliphatic hydroxyl groups is 2. The van der Waals surface area contributed by atoms with Crippen LogP contribution >= 0.6 is 0 Å². The SMILES string of the molecule is C=C[C@@H]1CC[C@@H]2[C@H]3CC[C@@H]4C[C@H](O)CC[C@@]4(CO)[C@@H]3CC[C@@]12C. The standard InChI is InChI=1S/C21H34O2/c1-3-14-5-7-18-17-6-4-15-12-16(23)8-11-21(15,13-22)19(17)9-10-20(14,18)2/h3,14-19,22-23H,1,4-13H2,2H3/t14-,15-,16-,17-,18-,19-,20+,21+/m1/s1.